The number of hydrogen-bond acceptors (Lipinski definition) is 1. The fourth-order valence-corrected chi connectivity index (χ4v) is 2.93. The minimum absolute atomic E-state index is 0.849. The number of rotatable bonds is 16. The van der Waals surface area contributed by atoms with Gasteiger partial charge in [0.2, 0.25) is 0 Å². The van der Waals surface area contributed by atoms with Gasteiger partial charge < -0.3 is 4.74 Å². The molecule has 131 valence electrons. The van der Waals surface area contributed by atoms with Crippen LogP contribution in [0, 0.1) is 6.07 Å². The highest BCUT2D eigenvalue weighted by atomic mass is 16.5. The summed E-state index contributed by atoms with van der Waals surface area (Å²) < 4.78 is 5.72. The zero-order valence-electron chi connectivity index (χ0n) is 15.3. The average molecular weight is 318 g/mol. The summed E-state index contributed by atoms with van der Waals surface area (Å²) in [4.78, 5) is 0. The molecule has 0 spiro atoms. The second-order valence-corrected chi connectivity index (χ2v) is 6.66. The third-order valence-electron chi connectivity index (χ3n) is 4.46. The standard InChI is InChI=1S/C22H37O/c1-2-3-4-5-6-7-8-9-10-11-12-16-20-23-21-19-22-17-14-13-15-18-22/h14-15,17-18H,2-12,16,19-21H2,1H3. The van der Waals surface area contributed by atoms with Gasteiger partial charge in [0.05, 0.1) is 6.61 Å². The van der Waals surface area contributed by atoms with E-state index < -0.39 is 0 Å². The van der Waals surface area contributed by atoms with Crippen molar-refractivity contribution in [2.75, 3.05) is 13.2 Å². The van der Waals surface area contributed by atoms with Gasteiger partial charge in [-0.3, -0.25) is 0 Å². The van der Waals surface area contributed by atoms with Crippen LogP contribution in [0.3, 0.4) is 0 Å². The van der Waals surface area contributed by atoms with Crippen LogP contribution in [0.4, 0.5) is 0 Å². The van der Waals surface area contributed by atoms with Gasteiger partial charge in [-0.1, -0.05) is 102 Å². The van der Waals surface area contributed by atoms with E-state index in [1.807, 2.05) is 12.1 Å². The van der Waals surface area contributed by atoms with E-state index in [0.29, 0.717) is 0 Å². The van der Waals surface area contributed by atoms with Crippen LogP contribution < -0.4 is 0 Å². The molecule has 1 aromatic carbocycles. The lowest BCUT2D eigenvalue weighted by Gasteiger charge is -2.05. The summed E-state index contributed by atoms with van der Waals surface area (Å²) in [5.74, 6) is 0. The van der Waals surface area contributed by atoms with Gasteiger partial charge in [-0.2, -0.15) is 0 Å². The summed E-state index contributed by atoms with van der Waals surface area (Å²) in [5.41, 5.74) is 1.35. The van der Waals surface area contributed by atoms with Crippen molar-refractivity contribution in [1.82, 2.24) is 0 Å². The van der Waals surface area contributed by atoms with Crippen molar-refractivity contribution in [2.45, 2.75) is 90.4 Å². The zero-order chi connectivity index (χ0) is 16.4. The van der Waals surface area contributed by atoms with Gasteiger partial charge in [0.15, 0.2) is 0 Å². The highest BCUT2D eigenvalue weighted by Gasteiger charge is 1.95. The maximum absolute atomic E-state index is 5.72. The largest absolute Gasteiger partial charge is 0.381 e. The molecular formula is C22H37O. The monoisotopic (exact) mass is 317 g/mol. The highest BCUT2D eigenvalue weighted by molar-refractivity contribution is 5.13. The predicted molar refractivity (Wildman–Crippen MR) is 101 cm³/mol. The molecule has 0 bridgehead atoms. The van der Waals surface area contributed by atoms with Gasteiger partial charge in [0.25, 0.3) is 0 Å². The Morgan fingerprint density at radius 3 is 1.78 bits per heavy atom. The van der Waals surface area contributed by atoms with Crippen LogP contribution >= 0.6 is 0 Å². The highest BCUT2D eigenvalue weighted by Crippen LogP contribution is 2.12. The van der Waals surface area contributed by atoms with Crippen LogP contribution in [0.2, 0.25) is 0 Å². The maximum Gasteiger partial charge on any atom is 0.0506 e. The summed E-state index contributed by atoms with van der Waals surface area (Å²) in [6.45, 7) is 4.06. The molecule has 0 aliphatic carbocycles. The SMILES string of the molecule is CCCCCCCCCCCCCCOCCc1cc[c]cc1. The molecule has 1 heteroatoms. The minimum Gasteiger partial charge on any atom is -0.381 e. The second-order valence-electron chi connectivity index (χ2n) is 6.66. The van der Waals surface area contributed by atoms with E-state index in [-0.39, 0.29) is 0 Å². The van der Waals surface area contributed by atoms with Gasteiger partial charge in [-0.05, 0) is 24.5 Å². The first kappa shape index (κ1) is 20.2. The first-order valence-electron chi connectivity index (χ1n) is 9.96. The summed E-state index contributed by atoms with van der Waals surface area (Å²) >= 11 is 0. The fraction of sp³-hybridized carbons (Fsp3) is 0.727. The van der Waals surface area contributed by atoms with Gasteiger partial charge in [0.1, 0.15) is 0 Å². The molecule has 0 saturated carbocycles. The van der Waals surface area contributed by atoms with Gasteiger partial charge in [-0.25, -0.2) is 0 Å². The smallest absolute Gasteiger partial charge is 0.0506 e. The summed E-state index contributed by atoms with van der Waals surface area (Å²) in [7, 11) is 0. The molecule has 0 aliphatic heterocycles. The van der Waals surface area contributed by atoms with Crippen molar-refractivity contribution in [2.24, 2.45) is 0 Å². The lowest BCUT2D eigenvalue weighted by Crippen LogP contribution is -2.00. The van der Waals surface area contributed by atoms with E-state index in [1.54, 1.807) is 0 Å². The van der Waals surface area contributed by atoms with Crippen molar-refractivity contribution >= 4 is 0 Å². The number of hydrogen-bond donors (Lipinski definition) is 0. The van der Waals surface area contributed by atoms with Crippen molar-refractivity contribution < 1.29 is 4.74 Å². The Hall–Kier alpha value is -0.820. The molecular weight excluding hydrogens is 280 g/mol. The lowest BCUT2D eigenvalue weighted by molar-refractivity contribution is 0.133. The van der Waals surface area contributed by atoms with Crippen LogP contribution in [0.25, 0.3) is 0 Å². The zero-order valence-corrected chi connectivity index (χ0v) is 15.3. The van der Waals surface area contributed by atoms with Crippen molar-refractivity contribution in [3.63, 3.8) is 0 Å². The van der Waals surface area contributed by atoms with Crippen LogP contribution in [0.5, 0.6) is 0 Å². The Morgan fingerprint density at radius 1 is 0.696 bits per heavy atom. The number of ether oxygens (including phenoxy) is 1. The minimum atomic E-state index is 0.849. The van der Waals surface area contributed by atoms with E-state index in [2.05, 4.69) is 25.1 Å². The summed E-state index contributed by atoms with van der Waals surface area (Å²) in [6, 6.07) is 11.2. The Labute approximate surface area is 144 Å². The first-order chi connectivity index (χ1) is 11.4. The van der Waals surface area contributed by atoms with Gasteiger partial charge >= 0.3 is 0 Å². The Bertz CT molecular complexity index is 333. The molecule has 1 nitrogen and oxygen atoms in total. The van der Waals surface area contributed by atoms with Crippen LogP contribution in [-0.2, 0) is 11.2 Å². The van der Waals surface area contributed by atoms with Crippen LogP contribution in [0.15, 0.2) is 24.3 Å². The van der Waals surface area contributed by atoms with Crippen LogP contribution in [-0.4, -0.2) is 13.2 Å². The molecule has 0 N–H and O–H groups in total. The summed E-state index contributed by atoms with van der Waals surface area (Å²) in [5, 5.41) is 0. The maximum atomic E-state index is 5.72. The van der Waals surface area contributed by atoms with E-state index >= 15 is 0 Å². The quantitative estimate of drug-likeness (QED) is 0.306. The Balaban J connectivity index is 1.72. The molecule has 0 aliphatic rings. The molecule has 0 aromatic heterocycles. The molecule has 0 heterocycles. The molecule has 0 atom stereocenters. The Morgan fingerprint density at radius 2 is 1.22 bits per heavy atom. The lowest BCUT2D eigenvalue weighted by atomic mass is 10.1. The van der Waals surface area contributed by atoms with E-state index in [1.165, 1.54) is 82.6 Å². The third kappa shape index (κ3) is 13.3. The van der Waals surface area contributed by atoms with Gasteiger partial charge in [0, 0.05) is 6.61 Å². The number of benzene rings is 1. The van der Waals surface area contributed by atoms with E-state index in [4.69, 9.17) is 4.74 Å². The molecule has 0 unspecified atom stereocenters. The van der Waals surface area contributed by atoms with Crippen molar-refractivity contribution in [3.05, 3.63) is 35.9 Å². The summed E-state index contributed by atoms with van der Waals surface area (Å²) in [6.07, 6.45) is 17.8. The van der Waals surface area contributed by atoms with E-state index in [9.17, 15) is 0 Å². The van der Waals surface area contributed by atoms with Gasteiger partial charge in [-0.15, -0.1) is 0 Å². The predicted octanol–water partition coefficient (Wildman–Crippen LogP) is 6.75. The second kappa shape index (κ2) is 16.1. The molecule has 0 saturated heterocycles. The normalized spacial score (nSPS) is 11.0. The topological polar surface area (TPSA) is 9.23 Å². The Kier molecular flexibility index (Phi) is 14.1. The molecule has 23 heavy (non-hydrogen) atoms. The van der Waals surface area contributed by atoms with Crippen molar-refractivity contribution in [1.29, 1.82) is 0 Å². The molecule has 1 aromatic rings. The number of unbranched alkanes of at least 4 members (excludes halogenated alkanes) is 11. The molecule has 0 amide bonds. The fourth-order valence-electron chi connectivity index (χ4n) is 2.93. The molecule has 1 rings (SSSR count). The third-order valence-corrected chi connectivity index (χ3v) is 4.46. The first-order valence-corrected chi connectivity index (χ1v) is 9.96. The average Bonchev–Trinajstić information content (AvgIpc) is 2.59. The molecule has 0 fully saturated rings. The van der Waals surface area contributed by atoms with Crippen LogP contribution in [0.1, 0.15) is 89.5 Å². The molecule has 1 radical (unpaired) electrons. The van der Waals surface area contributed by atoms with E-state index in [0.717, 1.165) is 19.6 Å². The van der Waals surface area contributed by atoms with Crippen molar-refractivity contribution in [3.8, 4) is 0 Å².